The minimum atomic E-state index is -2.52. The van der Waals surface area contributed by atoms with Crippen LogP contribution >= 0.6 is 0 Å². The summed E-state index contributed by atoms with van der Waals surface area (Å²) in [5, 5.41) is 3.32. The Morgan fingerprint density at radius 1 is 0.239 bits per heavy atom. The summed E-state index contributed by atoms with van der Waals surface area (Å²) in [4.78, 5) is 0. The number of hydrogen-bond donors (Lipinski definition) is 0. The minimum Gasteiger partial charge on any atom is -0.488 e. The van der Waals surface area contributed by atoms with Crippen molar-refractivity contribution in [1.29, 1.82) is 0 Å². The van der Waals surface area contributed by atoms with Gasteiger partial charge in [0.05, 0.1) is 0 Å². The topological polar surface area (TPSA) is 83.1 Å². The largest absolute Gasteiger partial charge is 0.488 e. The van der Waals surface area contributed by atoms with Crippen LogP contribution in [0.2, 0.25) is 0 Å². The Bertz CT molecular complexity index is 1960. The van der Waals surface area contributed by atoms with E-state index in [0.717, 1.165) is 20.7 Å². The first-order valence-corrected chi connectivity index (χ1v) is 26.4. The van der Waals surface area contributed by atoms with Gasteiger partial charge in [0.15, 0.2) is 0 Å². The highest BCUT2D eigenvalue weighted by Crippen LogP contribution is 2.32. The normalized spacial score (nSPS) is 13.4. The van der Waals surface area contributed by atoms with Crippen LogP contribution in [0.25, 0.3) is 0 Å². The van der Waals surface area contributed by atoms with Crippen molar-refractivity contribution in [2.24, 2.45) is 0 Å². The molecule has 0 atom stereocenters. The number of benzene rings is 4. The molecule has 4 aromatic rings. The summed E-state index contributed by atoms with van der Waals surface area (Å²) in [6, 6.07) is 24.2. The molecule has 0 N–H and O–H groups in total. The summed E-state index contributed by atoms with van der Waals surface area (Å²) in [7, 11) is -5.04. The SMILES string of the molecule is CC(C)(C)Oc1ccc(OC(C)(C)C)c([Si](O[Si](c2cc(OC(C)(C)C)ccc2OC(C)(C)C)c2cc(OC(C)(C)C)ccc2OC(C)(C)C)c2cc(OC(C)(C)C)ccc2OC(C)(C)C)c1. The van der Waals surface area contributed by atoms with Crippen LogP contribution in [0.3, 0.4) is 0 Å². The summed E-state index contributed by atoms with van der Waals surface area (Å²) >= 11 is 0. The monoisotopic (exact) mass is 957 g/mol. The van der Waals surface area contributed by atoms with Crippen molar-refractivity contribution >= 4 is 38.8 Å². The first-order valence-electron chi connectivity index (χ1n) is 23.6. The van der Waals surface area contributed by atoms with E-state index in [1.807, 2.05) is 132 Å². The van der Waals surface area contributed by atoms with Crippen LogP contribution in [-0.4, -0.2) is 62.9 Å². The Balaban J connectivity index is 2.34. The van der Waals surface area contributed by atoms with E-state index < -0.39 is 62.9 Å². The molecule has 4 rings (SSSR count). The lowest BCUT2D eigenvalue weighted by Crippen LogP contribution is -2.57. The zero-order chi connectivity index (χ0) is 50.9. The molecule has 9 nitrogen and oxygen atoms in total. The van der Waals surface area contributed by atoms with Gasteiger partial charge in [-0.15, -0.1) is 0 Å². The molecule has 0 aliphatic carbocycles. The molecular formula is C56H84O9Si2. The van der Waals surface area contributed by atoms with Crippen LogP contribution < -0.4 is 58.6 Å². The van der Waals surface area contributed by atoms with Crippen LogP contribution in [0.4, 0.5) is 0 Å². The Morgan fingerprint density at radius 2 is 0.403 bits per heavy atom. The molecule has 0 aliphatic rings. The summed E-state index contributed by atoms with van der Waals surface area (Å²) in [5.74, 6) is 5.38. The molecule has 0 fully saturated rings. The Kier molecular flexibility index (Phi) is 16.5. The van der Waals surface area contributed by atoms with Crippen molar-refractivity contribution in [3.8, 4) is 46.0 Å². The van der Waals surface area contributed by atoms with E-state index in [0.29, 0.717) is 46.0 Å². The van der Waals surface area contributed by atoms with E-state index in [1.54, 1.807) is 0 Å². The molecular weight excluding hydrogens is 873 g/mol. The van der Waals surface area contributed by atoms with E-state index in [1.165, 1.54) is 0 Å². The predicted molar refractivity (Wildman–Crippen MR) is 280 cm³/mol. The summed E-state index contributed by atoms with van der Waals surface area (Å²) in [6.07, 6.45) is 0. The van der Waals surface area contributed by atoms with E-state index in [4.69, 9.17) is 42.0 Å². The maximum atomic E-state index is 8.22. The molecule has 0 unspecified atom stereocenters. The lowest BCUT2D eigenvalue weighted by molar-refractivity contribution is 0.125. The van der Waals surface area contributed by atoms with Crippen molar-refractivity contribution in [1.82, 2.24) is 0 Å². The number of hydrogen-bond acceptors (Lipinski definition) is 9. The quantitative estimate of drug-likeness (QED) is 0.115. The molecule has 0 saturated heterocycles. The third-order valence-corrected chi connectivity index (χ3v) is 13.5. The van der Waals surface area contributed by atoms with Crippen LogP contribution in [0.5, 0.6) is 46.0 Å². The van der Waals surface area contributed by atoms with Gasteiger partial charge >= 0.3 is 0 Å². The standard InChI is InChI=1S/C56H84O9Si2/c1-49(2,3)57-37-25-29-41(61-53(13,14)15)45(33-37)66(46-34-38(58-50(4,5)6)26-30-42(46)62-54(16,17)18)65-67(47-35-39(59-51(7,8)9)27-31-43(47)63-55(19,20)21)48-36-40(60-52(10,11)12)28-32-44(48)64-56(22,23)24/h25-36H,1-24H3. The zero-order valence-electron chi connectivity index (χ0n) is 45.6. The van der Waals surface area contributed by atoms with E-state index in [2.05, 4.69) is 107 Å². The molecule has 0 saturated carbocycles. The second-order valence-electron chi connectivity index (χ2n) is 25.1. The van der Waals surface area contributed by atoms with Crippen LogP contribution in [0.1, 0.15) is 166 Å². The van der Waals surface area contributed by atoms with Gasteiger partial charge in [0.2, 0.25) is 0 Å². The highest BCUT2D eigenvalue weighted by Gasteiger charge is 2.39. The maximum Gasteiger partial charge on any atom is 0.280 e. The first kappa shape index (κ1) is 55.3. The van der Waals surface area contributed by atoms with Crippen LogP contribution in [-0.2, 0) is 4.12 Å². The highest BCUT2D eigenvalue weighted by atomic mass is 28.4. The summed E-state index contributed by atoms with van der Waals surface area (Å²) in [5.41, 5.74) is -4.24. The molecule has 4 aromatic carbocycles. The van der Waals surface area contributed by atoms with Gasteiger partial charge in [-0.05, 0) is 239 Å². The fourth-order valence-electron chi connectivity index (χ4n) is 6.70. The third-order valence-electron chi connectivity index (χ3n) is 8.35. The van der Waals surface area contributed by atoms with Crippen molar-refractivity contribution in [3.05, 3.63) is 72.8 Å². The first-order chi connectivity index (χ1) is 30.1. The second-order valence-corrected chi connectivity index (χ2v) is 29.4. The lowest BCUT2D eigenvalue weighted by Gasteiger charge is -2.33. The average molecular weight is 957 g/mol. The molecule has 11 heteroatoms. The van der Waals surface area contributed by atoms with Gasteiger partial charge in [-0.25, -0.2) is 0 Å². The van der Waals surface area contributed by atoms with Crippen molar-refractivity contribution < 1.29 is 42.0 Å². The average Bonchev–Trinajstić information content (AvgIpc) is 3.07. The van der Waals surface area contributed by atoms with Gasteiger partial charge in [-0.1, -0.05) is 0 Å². The van der Waals surface area contributed by atoms with Gasteiger partial charge in [0, 0.05) is 20.7 Å². The van der Waals surface area contributed by atoms with Gasteiger partial charge < -0.3 is 42.0 Å². The molecule has 0 aliphatic heterocycles. The van der Waals surface area contributed by atoms with Gasteiger partial charge in [-0.2, -0.15) is 0 Å². The van der Waals surface area contributed by atoms with Gasteiger partial charge in [0.25, 0.3) is 18.1 Å². The summed E-state index contributed by atoms with van der Waals surface area (Å²) < 4.78 is 62.5. The third kappa shape index (κ3) is 18.9. The molecule has 0 heterocycles. The van der Waals surface area contributed by atoms with Crippen molar-refractivity contribution in [2.45, 2.75) is 211 Å². The Hall–Kier alpha value is -4.33. The molecule has 67 heavy (non-hydrogen) atoms. The summed E-state index contributed by atoms with van der Waals surface area (Å²) in [6.45, 7) is 49.2. The van der Waals surface area contributed by atoms with Crippen LogP contribution in [0, 0.1) is 0 Å². The van der Waals surface area contributed by atoms with E-state index >= 15 is 0 Å². The lowest BCUT2D eigenvalue weighted by atomic mass is 10.2. The van der Waals surface area contributed by atoms with Gasteiger partial charge in [0.1, 0.15) is 90.8 Å². The number of ether oxygens (including phenoxy) is 8. The molecule has 0 aromatic heterocycles. The van der Waals surface area contributed by atoms with E-state index in [-0.39, 0.29) is 0 Å². The molecule has 2 radical (unpaired) electrons. The highest BCUT2D eigenvalue weighted by molar-refractivity contribution is 6.93. The zero-order valence-corrected chi connectivity index (χ0v) is 47.6. The number of rotatable bonds is 14. The van der Waals surface area contributed by atoms with E-state index in [9.17, 15) is 0 Å². The maximum absolute atomic E-state index is 8.22. The molecule has 0 amide bonds. The smallest absolute Gasteiger partial charge is 0.280 e. The predicted octanol–water partition coefficient (Wildman–Crippen LogP) is 12.0. The molecule has 370 valence electrons. The Morgan fingerprint density at radius 3 is 0.552 bits per heavy atom. The second kappa shape index (κ2) is 20.0. The van der Waals surface area contributed by atoms with Gasteiger partial charge in [-0.3, -0.25) is 0 Å². The van der Waals surface area contributed by atoms with Crippen LogP contribution in [0.15, 0.2) is 72.8 Å². The van der Waals surface area contributed by atoms with Crippen molar-refractivity contribution in [2.75, 3.05) is 0 Å². The molecule has 0 bridgehead atoms. The van der Waals surface area contributed by atoms with Crippen molar-refractivity contribution in [3.63, 3.8) is 0 Å². The fraction of sp³-hybridized carbons (Fsp3) is 0.571. The molecule has 0 spiro atoms. The Labute approximate surface area is 409 Å². The fourth-order valence-corrected chi connectivity index (χ4v) is 12.4. The minimum absolute atomic E-state index is 0.493.